The maximum absolute atomic E-state index is 4.34. The van der Waals surface area contributed by atoms with Crippen LogP contribution in [0, 0.1) is 13.8 Å². The molecule has 0 bridgehead atoms. The molecular weight excluding hydrogens is 302 g/mol. The first kappa shape index (κ1) is 17.0. The molecule has 1 nitrogen and oxygen atoms in total. The van der Waals surface area contributed by atoms with E-state index >= 15 is 0 Å². The highest BCUT2D eigenvalue weighted by atomic mass is 15.1. The Balaban J connectivity index is 1.89. The van der Waals surface area contributed by atoms with Crippen molar-refractivity contribution in [1.29, 1.82) is 0 Å². The summed E-state index contributed by atoms with van der Waals surface area (Å²) in [5.41, 5.74) is 8.49. The molecule has 0 N–H and O–H groups in total. The molecule has 0 aromatic heterocycles. The molecule has 0 unspecified atom stereocenters. The summed E-state index contributed by atoms with van der Waals surface area (Å²) < 4.78 is 0. The summed E-state index contributed by atoms with van der Waals surface area (Å²) in [4.78, 5) is 2.31. The first-order valence-corrected chi connectivity index (χ1v) is 8.80. The van der Waals surface area contributed by atoms with Crippen LogP contribution in [0.25, 0.3) is 5.57 Å². The fraction of sp³-hybridized carbons (Fsp3) is 0.167. The topological polar surface area (TPSA) is 3.24 Å². The number of benzene rings is 3. The molecule has 0 saturated carbocycles. The third kappa shape index (κ3) is 3.51. The minimum atomic E-state index is 0.932. The maximum Gasteiger partial charge on any atom is 0.0411 e. The average molecular weight is 327 g/mol. The van der Waals surface area contributed by atoms with Crippen molar-refractivity contribution in [3.8, 4) is 0 Å². The van der Waals surface area contributed by atoms with Crippen LogP contribution in [0.5, 0.6) is 0 Å². The Bertz CT molecular complexity index is 860. The molecule has 3 aromatic rings. The number of hydrogen-bond acceptors (Lipinski definition) is 1. The van der Waals surface area contributed by atoms with E-state index in [-0.39, 0.29) is 0 Å². The third-order valence-electron chi connectivity index (χ3n) is 4.84. The van der Waals surface area contributed by atoms with Crippen LogP contribution in [0.15, 0.2) is 79.4 Å². The Labute approximate surface area is 151 Å². The largest absolute Gasteiger partial charge is 0.342 e. The molecule has 0 radical (unpaired) electrons. The molecule has 0 aliphatic heterocycles. The molecule has 1 heteroatoms. The van der Waals surface area contributed by atoms with Crippen molar-refractivity contribution >= 4 is 16.9 Å². The number of nitrogens with zero attached hydrogens (tertiary/aromatic N) is 1. The summed E-state index contributed by atoms with van der Waals surface area (Å²) in [6.07, 6.45) is 0. The van der Waals surface area contributed by atoms with Gasteiger partial charge in [-0.2, -0.15) is 0 Å². The lowest BCUT2D eigenvalue weighted by molar-refractivity contribution is 1.02. The van der Waals surface area contributed by atoms with Gasteiger partial charge >= 0.3 is 0 Å². The molecule has 3 aromatic carbocycles. The molecule has 0 aliphatic rings. The van der Waals surface area contributed by atoms with Crippen molar-refractivity contribution < 1.29 is 0 Å². The van der Waals surface area contributed by atoms with E-state index in [1.165, 1.54) is 33.6 Å². The Kier molecular flexibility index (Phi) is 5.04. The molecule has 0 saturated heterocycles. The summed E-state index contributed by atoms with van der Waals surface area (Å²) in [7, 11) is 0. The van der Waals surface area contributed by atoms with Gasteiger partial charge in [0.15, 0.2) is 0 Å². The molecule has 0 aliphatic carbocycles. The standard InChI is InChI=1S/C24H25N/c1-5-25(22-11-7-6-8-12-22)23-16-14-21(15-17-23)20(4)24-13-9-10-18(2)19(24)3/h6-17H,4-5H2,1-3H3. The lowest BCUT2D eigenvalue weighted by Crippen LogP contribution is -2.15. The van der Waals surface area contributed by atoms with Crippen molar-refractivity contribution in [1.82, 2.24) is 0 Å². The Hall–Kier alpha value is -2.80. The Morgan fingerprint density at radius 3 is 2.08 bits per heavy atom. The highest BCUT2D eigenvalue weighted by Crippen LogP contribution is 2.30. The van der Waals surface area contributed by atoms with E-state index in [0.717, 1.165) is 12.1 Å². The van der Waals surface area contributed by atoms with Gasteiger partial charge in [-0.15, -0.1) is 0 Å². The van der Waals surface area contributed by atoms with Crippen LogP contribution in [0.4, 0.5) is 11.4 Å². The zero-order chi connectivity index (χ0) is 17.8. The second-order valence-electron chi connectivity index (χ2n) is 6.35. The molecule has 0 spiro atoms. The van der Waals surface area contributed by atoms with Gasteiger partial charge in [0, 0.05) is 17.9 Å². The fourth-order valence-electron chi connectivity index (χ4n) is 3.20. The predicted octanol–water partition coefficient (Wildman–Crippen LogP) is 6.52. The first-order valence-electron chi connectivity index (χ1n) is 8.80. The van der Waals surface area contributed by atoms with E-state index in [0.29, 0.717) is 0 Å². The quantitative estimate of drug-likeness (QED) is 0.515. The number of hydrogen-bond donors (Lipinski definition) is 0. The van der Waals surface area contributed by atoms with Gasteiger partial charge < -0.3 is 4.90 Å². The summed E-state index contributed by atoms with van der Waals surface area (Å²) in [6, 6.07) is 25.6. The summed E-state index contributed by atoms with van der Waals surface area (Å²) in [5.74, 6) is 0. The van der Waals surface area contributed by atoms with Crippen LogP contribution < -0.4 is 4.90 Å². The lowest BCUT2D eigenvalue weighted by Gasteiger charge is -2.23. The average Bonchev–Trinajstić information content (AvgIpc) is 2.65. The van der Waals surface area contributed by atoms with Crippen LogP contribution in [-0.2, 0) is 0 Å². The van der Waals surface area contributed by atoms with Crippen LogP contribution in [0.2, 0.25) is 0 Å². The highest BCUT2D eigenvalue weighted by molar-refractivity contribution is 5.81. The van der Waals surface area contributed by atoms with Gasteiger partial charge in [-0.25, -0.2) is 0 Å². The SMILES string of the molecule is C=C(c1ccc(N(CC)c2ccccc2)cc1)c1cccc(C)c1C. The van der Waals surface area contributed by atoms with Crippen molar-refractivity contribution in [3.63, 3.8) is 0 Å². The van der Waals surface area contributed by atoms with E-state index < -0.39 is 0 Å². The zero-order valence-corrected chi connectivity index (χ0v) is 15.3. The molecule has 0 fully saturated rings. The van der Waals surface area contributed by atoms with Crippen molar-refractivity contribution in [2.24, 2.45) is 0 Å². The monoisotopic (exact) mass is 327 g/mol. The van der Waals surface area contributed by atoms with E-state index in [1.807, 2.05) is 0 Å². The molecule has 3 rings (SSSR count). The van der Waals surface area contributed by atoms with Gasteiger partial charge in [0.05, 0.1) is 0 Å². The number of rotatable bonds is 5. The zero-order valence-electron chi connectivity index (χ0n) is 15.3. The first-order chi connectivity index (χ1) is 12.1. The minimum absolute atomic E-state index is 0.932. The van der Waals surface area contributed by atoms with Crippen LogP contribution in [-0.4, -0.2) is 6.54 Å². The van der Waals surface area contributed by atoms with Gasteiger partial charge in [-0.3, -0.25) is 0 Å². The lowest BCUT2D eigenvalue weighted by atomic mass is 9.93. The van der Waals surface area contributed by atoms with Crippen LogP contribution in [0.1, 0.15) is 29.2 Å². The number of aryl methyl sites for hydroxylation is 1. The Morgan fingerprint density at radius 2 is 1.44 bits per heavy atom. The smallest absolute Gasteiger partial charge is 0.0411 e. The predicted molar refractivity (Wildman–Crippen MR) is 110 cm³/mol. The van der Waals surface area contributed by atoms with Crippen LogP contribution in [0.3, 0.4) is 0 Å². The van der Waals surface area contributed by atoms with Crippen molar-refractivity contribution in [2.45, 2.75) is 20.8 Å². The van der Waals surface area contributed by atoms with E-state index in [2.05, 4.69) is 105 Å². The molecule has 0 amide bonds. The highest BCUT2D eigenvalue weighted by Gasteiger charge is 2.10. The van der Waals surface area contributed by atoms with Gasteiger partial charge in [-0.05, 0) is 72.9 Å². The number of anilines is 2. The van der Waals surface area contributed by atoms with E-state index in [4.69, 9.17) is 0 Å². The number of para-hydroxylation sites is 1. The fourth-order valence-corrected chi connectivity index (χ4v) is 3.20. The van der Waals surface area contributed by atoms with Gasteiger partial charge in [-0.1, -0.05) is 55.1 Å². The molecule has 126 valence electrons. The summed E-state index contributed by atoms with van der Waals surface area (Å²) >= 11 is 0. The van der Waals surface area contributed by atoms with Gasteiger partial charge in [0.25, 0.3) is 0 Å². The maximum atomic E-state index is 4.34. The second kappa shape index (κ2) is 7.40. The van der Waals surface area contributed by atoms with Crippen LogP contribution >= 0.6 is 0 Å². The summed E-state index contributed by atoms with van der Waals surface area (Å²) in [6.45, 7) is 11.8. The minimum Gasteiger partial charge on any atom is -0.342 e. The molecule has 0 atom stereocenters. The molecular formula is C24H25N. The van der Waals surface area contributed by atoms with Crippen molar-refractivity contribution in [2.75, 3.05) is 11.4 Å². The van der Waals surface area contributed by atoms with Gasteiger partial charge in [0.2, 0.25) is 0 Å². The third-order valence-corrected chi connectivity index (χ3v) is 4.84. The van der Waals surface area contributed by atoms with E-state index in [1.54, 1.807) is 0 Å². The van der Waals surface area contributed by atoms with E-state index in [9.17, 15) is 0 Å². The molecule has 25 heavy (non-hydrogen) atoms. The normalized spacial score (nSPS) is 10.5. The summed E-state index contributed by atoms with van der Waals surface area (Å²) in [5, 5.41) is 0. The second-order valence-corrected chi connectivity index (χ2v) is 6.35. The van der Waals surface area contributed by atoms with Gasteiger partial charge in [0.1, 0.15) is 0 Å². The van der Waals surface area contributed by atoms with Crippen molar-refractivity contribution in [3.05, 3.63) is 102 Å². The molecule has 0 heterocycles. The Morgan fingerprint density at radius 1 is 0.800 bits per heavy atom.